The molecular formula is C24H23ClN4O2. The third-order valence-electron chi connectivity index (χ3n) is 5.43. The Hall–Kier alpha value is -3.38. The van der Waals surface area contributed by atoms with Crippen LogP contribution in [-0.4, -0.2) is 20.3 Å². The zero-order valence-electron chi connectivity index (χ0n) is 17.6. The van der Waals surface area contributed by atoms with Crippen molar-refractivity contribution in [2.75, 3.05) is 0 Å². The molecule has 158 valence electrons. The van der Waals surface area contributed by atoms with E-state index in [2.05, 4.69) is 10.4 Å². The Morgan fingerprint density at radius 1 is 1.13 bits per heavy atom. The van der Waals surface area contributed by atoms with Gasteiger partial charge in [0.15, 0.2) is 0 Å². The summed E-state index contributed by atoms with van der Waals surface area (Å²) in [7, 11) is 1.79. The molecule has 1 N–H and O–H groups in total. The predicted molar refractivity (Wildman–Crippen MR) is 123 cm³/mol. The molecule has 0 fully saturated rings. The fraction of sp³-hybridized carbons (Fsp3) is 0.208. The molecule has 0 aliphatic heterocycles. The molecule has 7 heteroatoms. The van der Waals surface area contributed by atoms with Crippen LogP contribution in [0.3, 0.4) is 0 Å². The summed E-state index contributed by atoms with van der Waals surface area (Å²) >= 11 is 5.92. The van der Waals surface area contributed by atoms with Gasteiger partial charge in [-0.05, 0) is 42.7 Å². The highest BCUT2D eigenvalue weighted by atomic mass is 35.5. The molecule has 0 saturated heterocycles. The molecule has 0 aliphatic carbocycles. The SMILES string of the molecule is Cc1nn(C)c2c1c(-c1ccccc1)cc(=O)n2C(C)C(=O)NCc1ccc(Cl)cc1. The number of nitrogens with one attached hydrogen (secondary N) is 1. The van der Waals surface area contributed by atoms with E-state index in [1.54, 1.807) is 36.9 Å². The average Bonchev–Trinajstić information content (AvgIpc) is 3.06. The van der Waals surface area contributed by atoms with Crippen LogP contribution in [0.5, 0.6) is 0 Å². The van der Waals surface area contributed by atoms with Crippen molar-refractivity contribution in [3.05, 3.63) is 87.3 Å². The highest BCUT2D eigenvalue weighted by Gasteiger charge is 2.23. The van der Waals surface area contributed by atoms with E-state index in [1.807, 2.05) is 49.4 Å². The number of fused-ring (bicyclic) bond motifs is 1. The Morgan fingerprint density at radius 3 is 2.48 bits per heavy atom. The summed E-state index contributed by atoms with van der Waals surface area (Å²) in [6.45, 7) is 3.99. The molecule has 1 unspecified atom stereocenters. The van der Waals surface area contributed by atoms with E-state index in [9.17, 15) is 9.59 Å². The van der Waals surface area contributed by atoms with Crippen LogP contribution in [-0.2, 0) is 18.4 Å². The van der Waals surface area contributed by atoms with Gasteiger partial charge in [0.1, 0.15) is 11.7 Å². The summed E-state index contributed by atoms with van der Waals surface area (Å²) < 4.78 is 3.18. The Kier molecular flexibility index (Phi) is 5.65. The first-order chi connectivity index (χ1) is 14.9. The van der Waals surface area contributed by atoms with E-state index in [0.717, 1.165) is 27.8 Å². The van der Waals surface area contributed by atoms with Crippen LogP contribution in [0.25, 0.3) is 22.2 Å². The van der Waals surface area contributed by atoms with Crippen LogP contribution in [0.15, 0.2) is 65.5 Å². The number of halogens is 1. The van der Waals surface area contributed by atoms with Crippen molar-refractivity contribution in [1.29, 1.82) is 0 Å². The number of nitrogens with zero attached hydrogens (tertiary/aromatic N) is 3. The minimum atomic E-state index is -0.707. The summed E-state index contributed by atoms with van der Waals surface area (Å²) in [6.07, 6.45) is 0. The maximum atomic E-state index is 13.2. The number of aryl methyl sites for hydroxylation is 2. The number of rotatable bonds is 5. The van der Waals surface area contributed by atoms with Crippen LogP contribution < -0.4 is 10.9 Å². The third kappa shape index (κ3) is 3.99. The summed E-state index contributed by atoms with van der Waals surface area (Å²) in [6, 6.07) is 17.9. The minimum absolute atomic E-state index is 0.246. The van der Waals surface area contributed by atoms with Crippen LogP contribution in [0.1, 0.15) is 24.2 Å². The van der Waals surface area contributed by atoms with Gasteiger partial charge in [-0.2, -0.15) is 5.10 Å². The number of pyridine rings is 1. The van der Waals surface area contributed by atoms with E-state index in [4.69, 9.17) is 11.6 Å². The van der Waals surface area contributed by atoms with Gasteiger partial charge in [0.2, 0.25) is 5.91 Å². The van der Waals surface area contributed by atoms with Gasteiger partial charge in [-0.25, -0.2) is 0 Å². The molecule has 0 radical (unpaired) electrons. The lowest BCUT2D eigenvalue weighted by molar-refractivity contribution is -0.124. The summed E-state index contributed by atoms with van der Waals surface area (Å²) in [4.78, 5) is 26.1. The highest BCUT2D eigenvalue weighted by Crippen LogP contribution is 2.30. The molecule has 4 aromatic rings. The van der Waals surface area contributed by atoms with Crippen molar-refractivity contribution in [1.82, 2.24) is 19.7 Å². The van der Waals surface area contributed by atoms with Crippen LogP contribution >= 0.6 is 11.6 Å². The average molecular weight is 435 g/mol. The summed E-state index contributed by atoms with van der Waals surface area (Å²) in [5.41, 5.74) is 3.86. The number of carbonyl (C=O) groups is 1. The molecule has 1 atom stereocenters. The van der Waals surface area contributed by atoms with Crippen molar-refractivity contribution in [2.24, 2.45) is 7.05 Å². The molecule has 2 heterocycles. The van der Waals surface area contributed by atoms with Crippen molar-refractivity contribution < 1.29 is 4.79 Å². The molecular weight excluding hydrogens is 412 g/mol. The number of amides is 1. The van der Waals surface area contributed by atoms with Crippen molar-refractivity contribution in [2.45, 2.75) is 26.4 Å². The van der Waals surface area contributed by atoms with Gasteiger partial charge < -0.3 is 5.32 Å². The zero-order valence-corrected chi connectivity index (χ0v) is 18.3. The molecule has 6 nitrogen and oxygen atoms in total. The first-order valence-corrected chi connectivity index (χ1v) is 10.4. The smallest absolute Gasteiger partial charge is 0.253 e. The normalized spacial score (nSPS) is 12.1. The Labute approximate surface area is 185 Å². The van der Waals surface area contributed by atoms with E-state index < -0.39 is 6.04 Å². The highest BCUT2D eigenvalue weighted by molar-refractivity contribution is 6.30. The maximum Gasteiger partial charge on any atom is 0.253 e. The predicted octanol–water partition coefficient (Wildman–Crippen LogP) is 4.24. The number of hydrogen-bond donors (Lipinski definition) is 1. The standard InChI is InChI=1S/C24H23ClN4O2/c1-15-22-20(18-7-5-4-6-8-18)13-21(30)29(24(22)28(3)27-15)16(2)23(31)26-14-17-9-11-19(25)12-10-17/h4-13,16H,14H2,1-3H3,(H,26,31). The second-order valence-electron chi connectivity index (χ2n) is 7.56. The van der Waals surface area contributed by atoms with E-state index in [0.29, 0.717) is 17.2 Å². The zero-order chi connectivity index (χ0) is 22.1. The van der Waals surface area contributed by atoms with Gasteiger partial charge in [-0.15, -0.1) is 0 Å². The van der Waals surface area contributed by atoms with Gasteiger partial charge >= 0.3 is 0 Å². The number of aromatic nitrogens is 3. The summed E-state index contributed by atoms with van der Waals surface area (Å²) in [5.74, 6) is -0.246. The van der Waals surface area contributed by atoms with E-state index in [-0.39, 0.29) is 11.5 Å². The second kappa shape index (κ2) is 8.40. The van der Waals surface area contributed by atoms with Crippen molar-refractivity contribution in [3.8, 4) is 11.1 Å². The van der Waals surface area contributed by atoms with Crippen molar-refractivity contribution >= 4 is 28.5 Å². The fourth-order valence-electron chi connectivity index (χ4n) is 3.88. The van der Waals surface area contributed by atoms with Gasteiger partial charge in [0.05, 0.1) is 5.69 Å². The molecule has 2 aromatic heterocycles. The third-order valence-corrected chi connectivity index (χ3v) is 5.68. The molecule has 0 saturated carbocycles. The largest absolute Gasteiger partial charge is 0.350 e. The maximum absolute atomic E-state index is 13.2. The minimum Gasteiger partial charge on any atom is -0.350 e. The number of hydrogen-bond acceptors (Lipinski definition) is 3. The monoisotopic (exact) mass is 434 g/mol. The van der Waals surface area contributed by atoms with Gasteiger partial charge in [-0.3, -0.25) is 18.8 Å². The Balaban J connectivity index is 1.73. The number of carbonyl (C=O) groups excluding carboxylic acids is 1. The first kappa shape index (κ1) is 20.9. The lowest BCUT2D eigenvalue weighted by atomic mass is 10.0. The van der Waals surface area contributed by atoms with Gasteiger partial charge in [-0.1, -0.05) is 54.1 Å². The molecule has 1 amide bonds. The fourth-order valence-corrected chi connectivity index (χ4v) is 4.01. The quantitative estimate of drug-likeness (QED) is 0.510. The van der Waals surface area contributed by atoms with Gasteiger partial charge in [0, 0.05) is 30.1 Å². The van der Waals surface area contributed by atoms with Crippen LogP contribution in [0.4, 0.5) is 0 Å². The van der Waals surface area contributed by atoms with E-state index >= 15 is 0 Å². The second-order valence-corrected chi connectivity index (χ2v) is 8.00. The molecule has 31 heavy (non-hydrogen) atoms. The van der Waals surface area contributed by atoms with Crippen molar-refractivity contribution in [3.63, 3.8) is 0 Å². The molecule has 0 aliphatic rings. The van der Waals surface area contributed by atoms with Crippen LogP contribution in [0.2, 0.25) is 5.02 Å². The molecule has 4 rings (SSSR count). The topological polar surface area (TPSA) is 68.9 Å². The lowest BCUT2D eigenvalue weighted by Crippen LogP contribution is -2.36. The van der Waals surface area contributed by atoms with Crippen LogP contribution in [0, 0.1) is 6.92 Å². The molecule has 0 spiro atoms. The van der Waals surface area contributed by atoms with E-state index in [1.165, 1.54) is 4.57 Å². The Bertz CT molecular complexity index is 1310. The Morgan fingerprint density at radius 2 is 1.81 bits per heavy atom. The molecule has 2 aromatic carbocycles. The number of benzene rings is 2. The lowest BCUT2D eigenvalue weighted by Gasteiger charge is -2.18. The first-order valence-electron chi connectivity index (χ1n) is 10.0. The van der Waals surface area contributed by atoms with Gasteiger partial charge in [0.25, 0.3) is 5.56 Å². The molecule has 0 bridgehead atoms. The summed E-state index contributed by atoms with van der Waals surface area (Å²) in [5, 5.41) is 8.95.